The molecular formula is C17H12O7. The van der Waals surface area contributed by atoms with E-state index in [9.17, 15) is 24.9 Å². The van der Waals surface area contributed by atoms with E-state index in [1.165, 1.54) is 24.3 Å². The zero-order valence-corrected chi connectivity index (χ0v) is 12.4. The number of fused-ring (bicyclic) bond motifs is 1. The second kappa shape index (κ2) is 5.62. The molecule has 0 atom stereocenters. The van der Waals surface area contributed by atoms with Crippen LogP contribution in [-0.2, 0) is 4.79 Å². The van der Waals surface area contributed by atoms with E-state index < -0.39 is 17.1 Å². The van der Waals surface area contributed by atoms with Gasteiger partial charge in [0.15, 0.2) is 5.76 Å². The Morgan fingerprint density at radius 3 is 2.33 bits per heavy atom. The van der Waals surface area contributed by atoms with Gasteiger partial charge in [-0.25, -0.2) is 0 Å². The molecule has 0 aliphatic carbocycles. The Morgan fingerprint density at radius 2 is 1.71 bits per heavy atom. The molecule has 1 heterocycles. The standard InChI is InChI=1S/C17H12O7/c1-8(18)23-17-15(22)14-12(21)6-11(20)7-13(14)24-16(17)9-2-4-10(19)5-3-9/h2-7,19-21H,1H3. The highest BCUT2D eigenvalue weighted by Crippen LogP contribution is 2.36. The molecule has 122 valence electrons. The Morgan fingerprint density at radius 1 is 1.04 bits per heavy atom. The van der Waals surface area contributed by atoms with Crippen molar-refractivity contribution in [1.29, 1.82) is 0 Å². The van der Waals surface area contributed by atoms with Crippen LogP contribution in [0.3, 0.4) is 0 Å². The molecule has 0 aliphatic heterocycles. The fourth-order valence-electron chi connectivity index (χ4n) is 2.31. The lowest BCUT2D eigenvalue weighted by Gasteiger charge is -2.10. The molecule has 0 radical (unpaired) electrons. The molecule has 0 saturated carbocycles. The molecule has 2 aromatic carbocycles. The number of phenols is 3. The summed E-state index contributed by atoms with van der Waals surface area (Å²) < 4.78 is 10.6. The average molecular weight is 328 g/mol. The van der Waals surface area contributed by atoms with Crippen LogP contribution in [0.5, 0.6) is 23.0 Å². The molecule has 3 aromatic rings. The maximum atomic E-state index is 12.6. The second-order valence-corrected chi connectivity index (χ2v) is 5.07. The minimum atomic E-state index is -0.757. The van der Waals surface area contributed by atoms with E-state index in [0.29, 0.717) is 5.56 Å². The summed E-state index contributed by atoms with van der Waals surface area (Å²) in [6.07, 6.45) is 0. The minimum absolute atomic E-state index is 0.00575. The largest absolute Gasteiger partial charge is 0.508 e. The molecule has 7 nitrogen and oxygen atoms in total. The zero-order valence-electron chi connectivity index (χ0n) is 12.4. The highest BCUT2D eigenvalue weighted by molar-refractivity contribution is 5.89. The summed E-state index contributed by atoms with van der Waals surface area (Å²) in [5.41, 5.74) is -0.464. The third-order valence-corrected chi connectivity index (χ3v) is 3.29. The van der Waals surface area contributed by atoms with Crippen LogP contribution in [0.4, 0.5) is 0 Å². The van der Waals surface area contributed by atoms with Crippen molar-refractivity contribution in [3.63, 3.8) is 0 Å². The molecule has 0 unspecified atom stereocenters. The Balaban J connectivity index is 2.39. The van der Waals surface area contributed by atoms with Gasteiger partial charge >= 0.3 is 5.97 Å². The predicted octanol–water partition coefficient (Wildman–Crippen LogP) is 2.50. The van der Waals surface area contributed by atoms with Crippen molar-refractivity contribution in [2.24, 2.45) is 0 Å². The number of rotatable bonds is 2. The Hall–Kier alpha value is -3.48. The highest BCUT2D eigenvalue weighted by Gasteiger charge is 2.21. The predicted molar refractivity (Wildman–Crippen MR) is 84.2 cm³/mol. The fourth-order valence-corrected chi connectivity index (χ4v) is 2.31. The second-order valence-electron chi connectivity index (χ2n) is 5.07. The molecule has 24 heavy (non-hydrogen) atoms. The summed E-state index contributed by atoms with van der Waals surface area (Å²) in [5.74, 6) is -1.97. The maximum absolute atomic E-state index is 12.6. The van der Waals surface area contributed by atoms with Gasteiger partial charge in [0.2, 0.25) is 11.2 Å². The lowest BCUT2D eigenvalue weighted by Crippen LogP contribution is -2.13. The van der Waals surface area contributed by atoms with Crippen LogP contribution in [0, 0.1) is 0 Å². The topological polar surface area (TPSA) is 117 Å². The molecule has 1 aromatic heterocycles. The summed E-state index contributed by atoms with van der Waals surface area (Å²) in [6, 6.07) is 7.83. The first-order valence-electron chi connectivity index (χ1n) is 6.87. The molecular weight excluding hydrogens is 316 g/mol. The van der Waals surface area contributed by atoms with Crippen LogP contribution in [0.25, 0.3) is 22.3 Å². The van der Waals surface area contributed by atoms with Gasteiger partial charge in [-0.1, -0.05) is 0 Å². The number of phenolic OH excluding ortho intramolecular Hbond substituents is 3. The van der Waals surface area contributed by atoms with Crippen molar-refractivity contribution in [2.75, 3.05) is 0 Å². The van der Waals surface area contributed by atoms with E-state index in [1.807, 2.05) is 0 Å². The lowest BCUT2D eigenvalue weighted by atomic mass is 10.1. The van der Waals surface area contributed by atoms with Crippen molar-refractivity contribution in [3.8, 4) is 34.3 Å². The Kier molecular flexibility index (Phi) is 3.61. The number of ether oxygens (including phenoxy) is 1. The fraction of sp³-hybridized carbons (Fsp3) is 0.0588. The van der Waals surface area contributed by atoms with Crippen LogP contribution in [0.2, 0.25) is 0 Å². The Labute approximate surface area is 135 Å². The van der Waals surface area contributed by atoms with Crippen molar-refractivity contribution < 1.29 is 29.3 Å². The van der Waals surface area contributed by atoms with Crippen LogP contribution < -0.4 is 10.2 Å². The van der Waals surface area contributed by atoms with E-state index in [4.69, 9.17) is 9.15 Å². The number of hydrogen-bond donors (Lipinski definition) is 3. The molecule has 0 fully saturated rings. The van der Waals surface area contributed by atoms with Crippen LogP contribution in [0.15, 0.2) is 45.6 Å². The first kappa shape index (κ1) is 15.4. The number of aromatic hydroxyl groups is 3. The summed E-state index contributed by atoms with van der Waals surface area (Å²) in [6.45, 7) is 1.13. The SMILES string of the molecule is CC(=O)Oc1c(-c2ccc(O)cc2)oc2cc(O)cc(O)c2c1=O. The molecule has 3 rings (SSSR count). The zero-order chi connectivity index (χ0) is 17.4. The number of esters is 1. The first-order chi connectivity index (χ1) is 11.4. The summed E-state index contributed by atoms with van der Waals surface area (Å²) in [7, 11) is 0. The van der Waals surface area contributed by atoms with Gasteiger partial charge in [-0.15, -0.1) is 0 Å². The van der Waals surface area contributed by atoms with Gasteiger partial charge in [0.1, 0.15) is 28.2 Å². The van der Waals surface area contributed by atoms with Crippen molar-refractivity contribution in [3.05, 3.63) is 46.6 Å². The molecule has 7 heteroatoms. The van der Waals surface area contributed by atoms with Crippen LogP contribution >= 0.6 is 0 Å². The lowest BCUT2D eigenvalue weighted by molar-refractivity contribution is -0.132. The quantitative estimate of drug-likeness (QED) is 0.619. The van der Waals surface area contributed by atoms with Crippen molar-refractivity contribution in [2.45, 2.75) is 6.92 Å². The molecule has 0 bridgehead atoms. The monoisotopic (exact) mass is 328 g/mol. The molecule has 0 aliphatic rings. The van der Waals surface area contributed by atoms with Crippen LogP contribution in [-0.4, -0.2) is 21.3 Å². The number of hydrogen-bond acceptors (Lipinski definition) is 7. The minimum Gasteiger partial charge on any atom is -0.508 e. The van der Waals surface area contributed by atoms with E-state index in [-0.39, 0.29) is 34.0 Å². The molecule has 0 saturated heterocycles. The van der Waals surface area contributed by atoms with E-state index in [2.05, 4.69) is 0 Å². The van der Waals surface area contributed by atoms with Gasteiger partial charge in [0.25, 0.3) is 0 Å². The van der Waals surface area contributed by atoms with Crippen molar-refractivity contribution >= 4 is 16.9 Å². The molecule has 0 spiro atoms. The van der Waals surface area contributed by atoms with Crippen LogP contribution in [0.1, 0.15) is 6.92 Å². The molecule has 3 N–H and O–H groups in total. The number of benzene rings is 2. The summed E-state index contributed by atoms with van der Waals surface area (Å²) >= 11 is 0. The van der Waals surface area contributed by atoms with Gasteiger partial charge in [-0.3, -0.25) is 9.59 Å². The third-order valence-electron chi connectivity index (χ3n) is 3.29. The third kappa shape index (κ3) is 2.63. The van der Waals surface area contributed by atoms with Gasteiger partial charge < -0.3 is 24.5 Å². The first-order valence-corrected chi connectivity index (χ1v) is 6.87. The normalized spacial score (nSPS) is 10.7. The number of carbonyl (C=O) groups is 1. The maximum Gasteiger partial charge on any atom is 0.308 e. The van der Waals surface area contributed by atoms with Gasteiger partial charge in [0.05, 0.1) is 0 Å². The highest BCUT2D eigenvalue weighted by atomic mass is 16.5. The summed E-state index contributed by atoms with van der Waals surface area (Å²) in [5, 5.41) is 28.6. The van der Waals surface area contributed by atoms with Gasteiger partial charge in [-0.2, -0.15) is 0 Å². The van der Waals surface area contributed by atoms with Gasteiger partial charge in [-0.05, 0) is 24.3 Å². The smallest absolute Gasteiger partial charge is 0.308 e. The van der Waals surface area contributed by atoms with Gasteiger partial charge in [0, 0.05) is 24.6 Å². The number of carbonyl (C=O) groups excluding carboxylic acids is 1. The van der Waals surface area contributed by atoms with E-state index in [1.54, 1.807) is 0 Å². The average Bonchev–Trinajstić information content (AvgIpc) is 2.49. The van der Waals surface area contributed by atoms with Crippen molar-refractivity contribution in [1.82, 2.24) is 0 Å². The Bertz CT molecular complexity index is 1000. The molecule has 0 amide bonds. The van der Waals surface area contributed by atoms with E-state index in [0.717, 1.165) is 19.1 Å². The van der Waals surface area contributed by atoms with E-state index >= 15 is 0 Å². The summed E-state index contributed by atoms with van der Waals surface area (Å²) in [4.78, 5) is 24.0.